The molecule has 111 heavy (non-hydrogen) atoms. The van der Waals surface area contributed by atoms with Gasteiger partial charge in [0.15, 0.2) is 0 Å². The number of urea groups is 1. The largest absolute Gasteiger partial charge is 0.496 e. The first-order chi connectivity index (χ1) is 53.7. The Kier molecular flexibility index (Phi) is 26.8. The van der Waals surface area contributed by atoms with Gasteiger partial charge in [0, 0.05) is 206 Å². The van der Waals surface area contributed by atoms with E-state index in [4.69, 9.17) is 28.4 Å². The van der Waals surface area contributed by atoms with E-state index in [9.17, 15) is 47.5 Å². The Balaban J connectivity index is 0.000000175. The normalized spacial score (nSPS) is 19.8. The second-order valence-corrected chi connectivity index (χ2v) is 28.9. The second-order valence-electron chi connectivity index (χ2n) is 28.9. The van der Waals surface area contributed by atoms with Gasteiger partial charge in [-0.05, 0) is 104 Å². The van der Waals surface area contributed by atoms with E-state index in [-0.39, 0.29) is 104 Å². The number of aryl methyl sites for hydroxylation is 2. The van der Waals surface area contributed by atoms with E-state index in [0.29, 0.717) is 98.3 Å². The summed E-state index contributed by atoms with van der Waals surface area (Å²) in [6.07, 6.45) is 16.4. The topological polar surface area (TPSA) is 295 Å². The van der Waals surface area contributed by atoms with E-state index in [2.05, 4.69) is 30.4 Å². The summed E-state index contributed by atoms with van der Waals surface area (Å²) in [5.74, 6) is 2.26. The minimum Gasteiger partial charge on any atom is -0.496 e. The molecule has 0 radical (unpaired) electrons. The fourth-order valence-electron chi connectivity index (χ4n) is 15.4. The number of nitrogens with zero attached hydrogens (tertiary/aromatic N) is 11. The van der Waals surface area contributed by atoms with Crippen LogP contribution in [0.1, 0.15) is 80.0 Å². The number of piperidine rings is 5. The third kappa shape index (κ3) is 19.3. The van der Waals surface area contributed by atoms with Crippen molar-refractivity contribution in [3.8, 4) is 45.3 Å². The summed E-state index contributed by atoms with van der Waals surface area (Å²) >= 11 is 0. The number of Topliss-reactive ketones (excluding diaryl/α,β-unsaturated/α-hetero) is 1. The SMILES string of the molecule is COc1cc(-c2cn(C)c(=O)c3cnccc23)c(OC)cc1CN1CCC(O[C@@H]2CCN(CCn3cccc(CN4CCC(=O)CC4=O)c3=O)C[C@H]2F)CC1.COc1cc(-c2cn(C)c(=O)c3cnccc23)c(OC)cc1CN1CCC(O[C@@H]2CCNC[C@H]2F)CC1.O=CCn1cccc(CN2CCC(=O)NC2=O)c1=O. The smallest absolute Gasteiger partial charge is 0.324 e. The molecule has 0 bridgehead atoms. The van der Waals surface area contributed by atoms with Crippen LogP contribution in [-0.4, -0.2) is 220 Å². The summed E-state index contributed by atoms with van der Waals surface area (Å²) in [5, 5.41) is 7.97. The third-order valence-electron chi connectivity index (χ3n) is 21.6. The molecule has 14 rings (SSSR count). The Hall–Kier alpha value is -10.4. The molecule has 0 saturated carbocycles. The number of aldehydes is 1. The van der Waals surface area contributed by atoms with Crippen LogP contribution in [0.15, 0.2) is 129 Å². The van der Waals surface area contributed by atoms with E-state index in [1.165, 1.54) is 15.7 Å². The number of methoxy groups -OCH3 is 4. The van der Waals surface area contributed by atoms with Gasteiger partial charge in [0.25, 0.3) is 22.2 Å². The minimum absolute atomic E-state index is 0.0165. The van der Waals surface area contributed by atoms with Crippen LogP contribution in [0.4, 0.5) is 13.6 Å². The van der Waals surface area contributed by atoms with Crippen molar-refractivity contribution in [1.29, 1.82) is 0 Å². The number of amides is 4. The predicted octanol–water partition coefficient (Wildman–Crippen LogP) is 6.35. The highest BCUT2D eigenvalue weighted by Gasteiger charge is 2.35. The van der Waals surface area contributed by atoms with E-state index < -0.39 is 24.5 Å². The van der Waals surface area contributed by atoms with E-state index >= 15 is 4.39 Å². The van der Waals surface area contributed by atoms with Gasteiger partial charge in [-0.2, -0.15) is 0 Å². The van der Waals surface area contributed by atoms with Gasteiger partial charge >= 0.3 is 6.03 Å². The lowest BCUT2D eigenvalue weighted by Crippen LogP contribution is -2.49. The number of alkyl halides is 2. The van der Waals surface area contributed by atoms with Gasteiger partial charge in [0.05, 0.1) is 89.7 Å². The van der Waals surface area contributed by atoms with Crippen molar-refractivity contribution >= 4 is 51.5 Å². The van der Waals surface area contributed by atoms with Crippen LogP contribution in [-0.2, 0) is 82.0 Å². The van der Waals surface area contributed by atoms with Crippen molar-refractivity contribution in [2.24, 2.45) is 14.1 Å². The minimum atomic E-state index is -1.13. The quantitative estimate of drug-likeness (QED) is 0.0520. The lowest BCUT2D eigenvalue weighted by molar-refractivity contribution is -0.140. The van der Waals surface area contributed by atoms with Crippen molar-refractivity contribution < 1.29 is 61.2 Å². The Morgan fingerprint density at radius 3 is 1.52 bits per heavy atom. The fraction of sp³-hybridized carbons (Fsp3) is 0.469. The van der Waals surface area contributed by atoms with Crippen LogP contribution in [0.25, 0.3) is 43.8 Å². The molecule has 6 saturated heterocycles. The van der Waals surface area contributed by atoms with Gasteiger partial charge in [-0.15, -0.1) is 0 Å². The number of aromatic nitrogens is 6. The summed E-state index contributed by atoms with van der Waals surface area (Å²) in [5.41, 5.74) is 5.64. The number of nitrogens with one attached hydrogen (secondary N) is 2. The summed E-state index contributed by atoms with van der Waals surface area (Å²) in [6.45, 7) is 8.67. The first-order valence-electron chi connectivity index (χ1n) is 37.7. The number of ketones is 1. The number of ether oxygens (including phenoxy) is 6. The molecule has 12 heterocycles. The molecule has 0 unspecified atom stereocenters. The molecule has 6 aliphatic heterocycles. The number of benzene rings is 2. The number of fused-ring (bicyclic) bond motifs is 2. The van der Waals surface area contributed by atoms with Crippen LogP contribution in [0.3, 0.4) is 0 Å². The number of imide groups is 1. The number of rotatable bonds is 23. The molecule has 0 spiro atoms. The number of halogens is 2. The molecule has 8 aromatic rings. The van der Waals surface area contributed by atoms with Crippen molar-refractivity contribution in [3.05, 3.63) is 174 Å². The molecule has 4 atom stereocenters. The highest BCUT2D eigenvalue weighted by Crippen LogP contribution is 2.42. The highest BCUT2D eigenvalue weighted by molar-refractivity contribution is 6.01. The molecule has 0 aliphatic carbocycles. The molecule has 30 heteroatoms. The number of likely N-dealkylation sites (tertiary alicyclic amines) is 4. The summed E-state index contributed by atoms with van der Waals surface area (Å²) < 4.78 is 71.5. The molecular weight excluding hydrogens is 1430 g/mol. The Morgan fingerprint density at radius 1 is 0.514 bits per heavy atom. The van der Waals surface area contributed by atoms with E-state index in [0.717, 1.165) is 120 Å². The number of carbonyl (C=O) groups excluding carboxylic acids is 5. The molecule has 2 N–H and O–H groups in total. The molecule has 4 amide bonds. The van der Waals surface area contributed by atoms with Crippen LogP contribution < -0.4 is 51.8 Å². The molecular formula is C81H97F2N13O15. The average Bonchev–Trinajstić information content (AvgIpc) is 0.767. The van der Waals surface area contributed by atoms with Gasteiger partial charge in [0.1, 0.15) is 47.4 Å². The zero-order chi connectivity index (χ0) is 78.4. The van der Waals surface area contributed by atoms with Crippen LogP contribution in [0, 0.1) is 0 Å². The maximum Gasteiger partial charge on any atom is 0.324 e. The highest BCUT2D eigenvalue weighted by atomic mass is 19.1. The Labute approximate surface area is 640 Å². The maximum atomic E-state index is 15.5. The molecule has 28 nitrogen and oxygen atoms in total. The fourth-order valence-corrected chi connectivity index (χ4v) is 15.4. The summed E-state index contributed by atoms with van der Waals surface area (Å²) in [6, 6.07) is 17.9. The molecule has 6 fully saturated rings. The number of hydrogen-bond acceptors (Lipinski definition) is 21. The summed E-state index contributed by atoms with van der Waals surface area (Å²) in [7, 11) is 10.1. The molecule has 6 aromatic heterocycles. The van der Waals surface area contributed by atoms with Gasteiger partial charge in [-0.3, -0.25) is 63.5 Å². The number of hydrogen-bond donors (Lipinski definition) is 2. The zero-order valence-corrected chi connectivity index (χ0v) is 63.6. The Bertz CT molecular complexity index is 4940. The first kappa shape index (κ1) is 80.2. The lowest BCUT2D eigenvalue weighted by atomic mass is 9.98. The molecule has 590 valence electrons. The first-order valence-corrected chi connectivity index (χ1v) is 37.7. The van der Waals surface area contributed by atoms with Crippen molar-refractivity contribution in [2.45, 2.75) is 134 Å². The third-order valence-corrected chi connectivity index (χ3v) is 21.6. The lowest BCUT2D eigenvalue weighted by Gasteiger charge is -2.38. The standard InChI is InChI=1S/C41H49FN6O7.C28H35FN4O4.C12H13N3O4/c1-44-25-34(31-6-11-43-22-33(31)41(44)52)32-21-37(53-2)28(19-38(32)54-3)23-45-13-8-30(9-14-45)55-36-10-15-46(26-35(36)42)17-18-47-12-4-5-27(40(47)51)24-48-16-7-29(49)20-39(48)50;1-32-17-23(20-4-8-30-14-22(20)28(32)34)21-13-26(35-2)18(12-27(21)36-3)16-33-10-6-19(7-11-33)37-25-5-9-31-15-24(25)29;16-7-6-14-4-1-2-9(11(14)18)8-15-5-3-10(17)13-12(15)19/h4-6,11-12,19,21-22,25,30,35-36H,7-10,13-18,20,23-24,26H2,1-3H3;4,8,12-14,17,19,24-25,31H,5-7,9-11,15-16H2,1-3H3;1-2,4,7H,3,5-6,8H2,(H,13,17,19)/t35-,36-;24-,25-;/m11./s1. The van der Waals surface area contributed by atoms with Crippen molar-refractivity contribution in [3.63, 3.8) is 0 Å². The average molecular weight is 1530 g/mol. The monoisotopic (exact) mass is 1530 g/mol. The van der Waals surface area contributed by atoms with Gasteiger partial charge < -0.3 is 66.6 Å². The Morgan fingerprint density at radius 2 is 1.02 bits per heavy atom. The molecule has 6 aliphatic rings. The van der Waals surface area contributed by atoms with Gasteiger partial charge in [0.2, 0.25) is 11.8 Å². The van der Waals surface area contributed by atoms with Crippen LogP contribution >= 0.6 is 0 Å². The maximum absolute atomic E-state index is 15.5. The van der Waals surface area contributed by atoms with Crippen molar-refractivity contribution in [2.75, 3.05) is 100 Å². The van der Waals surface area contributed by atoms with Gasteiger partial charge in [-0.25, -0.2) is 13.6 Å². The van der Waals surface area contributed by atoms with E-state index in [1.54, 1.807) is 116 Å². The summed E-state index contributed by atoms with van der Waals surface area (Å²) in [4.78, 5) is 125. The number of pyridine rings is 6. The molecule has 2 aromatic carbocycles. The van der Waals surface area contributed by atoms with Crippen LogP contribution in [0.5, 0.6) is 23.0 Å². The second kappa shape index (κ2) is 37.1. The van der Waals surface area contributed by atoms with Crippen molar-refractivity contribution in [1.82, 2.24) is 63.4 Å². The van der Waals surface area contributed by atoms with E-state index in [1.807, 2.05) is 53.7 Å². The van der Waals surface area contributed by atoms with Crippen LogP contribution in [0.2, 0.25) is 0 Å². The predicted molar refractivity (Wildman–Crippen MR) is 411 cm³/mol. The van der Waals surface area contributed by atoms with Gasteiger partial charge in [-0.1, -0.05) is 12.1 Å². The zero-order valence-electron chi connectivity index (χ0n) is 63.6. The number of carbonyl (C=O) groups is 5.